The molecule has 7 rings (SSSR count). The number of fused-ring (bicyclic) bond motifs is 6. The molecule has 0 bridgehead atoms. The van der Waals surface area contributed by atoms with Gasteiger partial charge in [-0.2, -0.15) is 0 Å². The minimum absolute atomic E-state index is 0.192. The molecule has 40 heavy (non-hydrogen) atoms. The Morgan fingerprint density at radius 1 is 0.725 bits per heavy atom. The number of carbonyl (C=O) groups is 2. The highest BCUT2D eigenvalue weighted by Gasteiger charge is 2.37. The first-order valence-corrected chi connectivity index (χ1v) is 13.9. The molecule has 0 amide bonds. The second-order valence-corrected chi connectivity index (χ2v) is 12.0. The van der Waals surface area contributed by atoms with Crippen LogP contribution in [0.3, 0.4) is 0 Å². The van der Waals surface area contributed by atoms with E-state index in [0.29, 0.717) is 17.0 Å². The van der Waals surface area contributed by atoms with Crippen LogP contribution in [0, 0.1) is 0 Å². The molecule has 0 saturated carbocycles. The zero-order chi connectivity index (χ0) is 27.9. The highest BCUT2D eigenvalue weighted by atomic mass is 16.2. The molecular weight excluding hydrogens is 490 g/mol. The number of hydrogen-bond acceptors (Lipinski definition) is 3. The number of rotatable bonds is 2. The van der Waals surface area contributed by atoms with Gasteiger partial charge in [-0.05, 0) is 86.1 Å². The molecule has 196 valence electrons. The van der Waals surface area contributed by atoms with Crippen molar-refractivity contribution in [2.45, 2.75) is 39.0 Å². The Labute approximate surface area is 234 Å². The van der Waals surface area contributed by atoms with Gasteiger partial charge in [0.15, 0.2) is 11.6 Å². The fourth-order valence-corrected chi connectivity index (χ4v) is 6.64. The lowest BCUT2D eigenvalue weighted by Gasteiger charge is -2.41. The van der Waals surface area contributed by atoms with E-state index in [1.54, 1.807) is 6.08 Å². The molecule has 0 spiro atoms. The Bertz CT molecular complexity index is 1900. The van der Waals surface area contributed by atoms with E-state index >= 15 is 0 Å². The summed E-state index contributed by atoms with van der Waals surface area (Å²) in [6.07, 6.45) is 1.76. The number of allylic oxidation sites excluding steroid dienone is 1. The fraction of sp³-hybridized carbons (Fsp3) is 0.189. The Hall–Kier alpha value is -4.50. The van der Waals surface area contributed by atoms with Gasteiger partial charge < -0.3 is 4.90 Å². The van der Waals surface area contributed by atoms with Gasteiger partial charge in [0.2, 0.25) is 0 Å². The molecule has 0 atom stereocenters. The van der Waals surface area contributed by atoms with Crippen molar-refractivity contribution >= 4 is 50.6 Å². The van der Waals surface area contributed by atoms with Crippen LogP contribution in [-0.4, -0.2) is 18.6 Å². The summed E-state index contributed by atoms with van der Waals surface area (Å²) in [7, 11) is 2.14. The van der Waals surface area contributed by atoms with Gasteiger partial charge in [-0.15, -0.1) is 0 Å². The zero-order valence-electron chi connectivity index (χ0n) is 23.5. The lowest BCUT2D eigenvalue weighted by atomic mass is 9.71. The van der Waals surface area contributed by atoms with Crippen molar-refractivity contribution in [3.63, 3.8) is 0 Å². The molecule has 0 saturated heterocycles. The molecule has 0 radical (unpaired) electrons. The van der Waals surface area contributed by atoms with Crippen LogP contribution in [0.1, 0.15) is 76.6 Å². The van der Waals surface area contributed by atoms with E-state index in [0.717, 1.165) is 21.7 Å². The first kappa shape index (κ1) is 24.5. The highest BCUT2D eigenvalue weighted by Crippen LogP contribution is 2.51. The maximum Gasteiger partial charge on any atom is 0.197 e. The molecule has 1 aliphatic heterocycles. The molecule has 0 N–H and O–H groups in total. The molecule has 1 aliphatic carbocycles. The molecule has 1 heterocycles. The van der Waals surface area contributed by atoms with Crippen molar-refractivity contribution in [2.75, 3.05) is 11.9 Å². The Kier molecular flexibility index (Phi) is 5.21. The second-order valence-electron chi connectivity index (χ2n) is 12.0. The maximum absolute atomic E-state index is 13.3. The molecule has 2 aliphatic rings. The maximum atomic E-state index is 13.3. The third kappa shape index (κ3) is 3.43. The number of Topliss-reactive ketones (excluding diaryl/α,β-unsaturated/α-hetero) is 2. The van der Waals surface area contributed by atoms with Crippen LogP contribution < -0.4 is 4.90 Å². The Balaban J connectivity index is 1.33. The van der Waals surface area contributed by atoms with Crippen LogP contribution in [0.5, 0.6) is 0 Å². The summed E-state index contributed by atoms with van der Waals surface area (Å²) < 4.78 is 0. The van der Waals surface area contributed by atoms with Gasteiger partial charge in [-0.1, -0.05) is 82.3 Å². The van der Waals surface area contributed by atoms with Gasteiger partial charge in [0.25, 0.3) is 0 Å². The predicted molar refractivity (Wildman–Crippen MR) is 165 cm³/mol. The van der Waals surface area contributed by atoms with E-state index in [1.807, 2.05) is 42.5 Å². The summed E-state index contributed by atoms with van der Waals surface area (Å²) in [6.45, 7) is 9.10. The Morgan fingerprint density at radius 3 is 2.02 bits per heavy atom. The van der Waals surface area contributed by atoms with Crippen LogP contribution in [0.25, 0.3) is 27.6 Å². The van der Waals surface area contributed by atoms with Crippen LogP contribution in [0.4, 0.5) is 11.4 Å². The molecule has 5 aromatic rings. The van der Waals surface area contributed by atoms with Crippen molar-refractivity contribution in [3.05, 3.63) is 124 Å². The Morgan fingerprint density at radius 2 is 1.38 bits per heavy atom. The average molecular weight is 522 g/mol. The second kappa shape index (κ2) is 8.50. The van der Waals surface area contributed by atoms with Gasteiger partial charge in [-0.25, -0.2) is 0 Å². The molecule has 0 aromatic heterocycles. The minimum atomic E-state index is -0.198. The largest absolute Gasteiger partial charge is 0.344 e. The van der Waals surface area contributed by atoms with Crippen molar-refractivity contribution in [2.24, 2.45) is 0 Å². The SMILES string of the molecule is CC(C)c1ccc2c(c1)C(C)(C)c1c(ccc3cc(C=C4C(=O)c5cc6ccccc6cc5C4=O)ccc13)N2C. The van der Waals surface area contributed by atoms with Crippen molar-refractivity contribution in [1.82, 2.24) is 0 Å². The average Bonchev–Trinajstić information content (AvgIpc) is 3.17. The smallest absolute Gasteiger partial charge is 0.197 e. The summed E-state index contributed by atoms with van der Waals surface area (Å²) in [5, 5.41) is 4.22. The van der Waals surface area contributed by atoms with E-state index in [4.69, 9.17) is 0 Å². The zero-order valence-corrected chi connectivity index (χ0v) is 23.5. The summed E-state index contributed by atoms with van der Waals surface area (Å²) in [5.74, 6) is 0.0645. The van der Waals surface area contributed by atoms with Crippen molar-refractivity contribution < 1.29 is 9.59 Å². The topological polar surface area (TPSA) is 37.4 Å². The number of carbonyl (C=O) groups excluding carboxylic acids is 2. The first-order valence-electron chi connectivity index (χ1n) is 13.9. The van der Waals surface area contributed by atoms with Crippen LogP contribution >= 0.6 is 0 Å². The molecular formula is C37H31NO2. The van der Waals surface area contributed by atoms with Gasteiger partial charge in [0.1, 0.15) is 0 Å². The highest BCUT2D eigenvalue weighted by molar-refractivity contribution is 6.42. The van der Waals surface area contributed by atoms with E-state index in [2.05, 4.69) is 82.1 Å². The molecule has 0 fully saturated rings. The van der Waals surface area contributed by atoms with Crippen LogP contribution in [0.2, 0.25) is 0 Å². The van der Waals surface area contributed by atoms with E-state index in [9.17, 15) is 9.59 Å². The summed E-state index contributed by atoms with van der Waals surface area (Å²) >= 11 is 0. The van der Waals surface area contributed by atoms with E-state index in [-0.39, 0.29) is 22.6 Å². The van der Waals surface area contributed by atoms with Crippen LogP contribution in [0.15, 0.2) is 90.5 Å². The monoisotopic (exact) mass is 521 g/mol. The minimum Gasteiger partial charge on any atom is -0.344 e. The predicted octanol–water partition coefficient (Wildman–Crippen LogP) is 8.99. The quantitative estimate of drug-likeness (QED) is 0.172. The number of anilines is 2. The van der Waals surface area contributed by atoms with Crippen LogP contribution in [-0.2, 0) is 5.41 Å². The summed E-state index contributed by atoms with van der Waals surface area (Å²) in [6, 6.07) is 29.0. The molecule has 3 heteroatoms. The van der Waals surface area contributed by atoms with Crippen molar-refractivity contribution in [1.29, 1.82) is 0 Å². The lowest BCUT2D eigenvalue weighted by molar-refractivity contribution is 0.0990. The number of nitrogens with zero attached hydrogens (tertiary/aromatic N) is 1. The normalized spacial score (nSPS) is 15.6. The van der Waals surface area contributed by atoms with Gasteiger partial charge in [-0.3, -0.25) is 9.59 Å². The summed E-state index contributed by atoms with van der Waals surface area (Å²) in [5.41, 5.74) is 8.31. The third-order valence-electron chi connectivity index (χ3n) is 8.91. The first-order chi connectivity index (χ1) is 19.1. The van der Waals surface area contributed by atoms with E-state index < -0.39 is 0 Å². The van der Waals surface area contributed by atoms with Gasteiger partial charge in [0.05, 0.1) is 5.57 Å². The standard InChI is InChI=1S/C37H31NO2/c1-21(2)23-11-14-32-31(20-23)37(3,4)34-27-13-10-22(16-26(27)12-15-33(34)38(32)5)17-30-35(39)28-18-24-8-6-7-9-25(24)19-29(28)36(30)40/h6-21H,1-5H3. The van der Waals surface area contributed by atoms with E-state index in [1.165, 1.54) is 33.5 Å². The molecule has 5 aromatic carbocycles. The van der Waals surface area contributed by atoms with Crippen molar-refractivity contribution in [3.8, 4) is 0 Å². The summed E-state index contributed by atoms with van der Waals surface area (Å²) in [4.78, 5) is 29.0. The van der Waals surface area contributed by atoms with Gasteiger partial charge in [0, 0.05) is 35.0 Å². The lowest BCUT2D eigenvalue weighted by Crippen LogP contribution is -2.31. The number of ketones is 2. The molecule has 0 unspecified atom stereocenters. The molecule has 3 nitrogen and oxygen atoms in total. The third-order valence-corrected chi connectivity index (χ3v) is 8.91. The van der Waals surface area contributed by atoms with Gasteiger partial charge >= 0.3 is 0 Å². The number of hydrogen-bond donors (Lipinski definition) is 0. The fourth-order valence-electron chi connectivity index (χ4n) is 6.64. The number of benzene rings is 5.